The monoisotopic (exact) mass is 381 g/mol. The van der Waals surface area contributed by atoms with Crippen molar-refractivity contribution in [1.82, 2.24) is 5.32 Å². The number of nitrogens with one attached hydrogen (secondary N) is 2. The average molecular weight is 381 g/mol. The lowest BCUT2D eigenvalue weighted by molar-refractivity contribution is -0.115. The van der Waals surface area contributed by atoms with Crippen LogP contribution in [0.25, 0.3) is 0 Å². The third-order valence-electron chi connectivity index (χ3n) is 4.73. The van der Waals surface area contributed by atoms with E-state index >= 15 is 0 Å². The first-order valence-electron chi connectivity index (χ1n) is 9.76. The van der Waals surface area contributed by atoms with Crippen LogP contribution in [0.2, 0.25) is 0 Å². The minimum absolute atomic E-state index is 0.0650. The summed E-state index contributed by atoms with van der Waals surface area (Å²) >= 11 is 0. The van der Waals surface area contributed by atoms with Crippen molar-refractivity contribution in [3.63, 3.8) is 0 Å². The van der Waals surface area contributed by atoms with Gasteiger partial charge in [0, 0.05) is 36.6 Å². The molecule has 2 aromatic carbocycles. The van der Waals surface area contributed by atoms with Crippen molar-refractivity contribution in [3.05, 3.63) is 60.2 Å². The molecule has 0 saturated carbocycles. The number of hydrogen-bond acceptors (Lipinski definition) is 4. The van der Waals surface area contributed by atoms with Crippen molar-refractivity contribution in [2.45, 2.75) is 25.9 Å². The molecular weight excluding hydrogens is 354 g/mol. The topological polar surface area (TPSA) is 70.7 Å². The van der Waals surface area contributed by atoms with Gasteiger partial charge >= 0.3 is 0 Å². The normalized spacial score (nSPS) is 16.0. The number of amides is 2. The van der Waals surface area contributed by atoms with Gasteiger partial charge in [-0.15, -0.1) is 0 Å². The van der Waals surface area contributed by atoms with Gasteiger partial charge in [0.05, 0.1) is 12.6 Å². The zero-order valence-corrected chi connectivity index (χ0v) is 16.2. The predicted molar refractivity (Wildman–Crippen MR) is 111 cm³/mol. The third kappa shape index (κ3) is 5.41. The molecule has 1 atom stereocenters. The molecular formula is C22H27N3O3. The van der Waals surface area contributed by atoms with Crippen LogP contribution in [0.1, 0.15) is 30.1 Å². The Balaban J connectivity index is 1.52. The van der Waals surface area contributed by atoms with Gasteiger partial charge in [-0.2, -0.15) is 0 Å². The van der Waals surface area contributed by atoms with Gasteiger partial charge in [-0.25, -0.2) is 0 Å². The van der Waals surface area contributed by atoms with E-state index in [1.165, 1.54) is 0 Å². The molecule has 1 aliphatic heterocycles. The van der Waals surface area contributed by atoms with Crippen molar-refractivity contribution in [3.8, 4) is 0 Å². The van der Waals surface area contributed by atoms with E-state index in [-0.39, 0.29) is 24.5 Å². The average Bonchev–Trinajstić information content (AvgIpc) is 3.23. The number of para-hydroxylation sites is 1. The smallest absolute Gasteiger partial charge is 0.258 e. The van der Waals surface area contributed by atoms with Crippen LogP contribution in [-0.2, 0) is 9.53 Å². The molecule has 1 heterocycles. The number of hydrogen-bond donors (Lipinski definition) is 2. The predicted octanol–water partition coefficient (Wildman–Crippen LogP) is 3.06. The Morgan fingerprint density at radius 3 is 2.50 bits per heavy atom. The molecule has 3 rings (SSSR count). The molecule has 2 aromatic rings. The van der Waals surface area contributed by atoms with Crippen LogP contribution in [0.3, 0.4) is 0 Å². The van der Waals surface area contributed by atoms with Gasteiger partial charge in [0.25, 0.3) is 5.91 Å². The Bertz CT molecular complexity index is 771. The molecule has 28 heavy (non-hydrogen) atoms. The molecule has 0 spiro atoms. The third-order valence-corrected chi connectivity index (χ3v) is 4.73. The molecule has 6 heteroatoms. The minimum atomic E-state index is -0.114. The van der Waals surface area contributed by atoms with Crippen molar-refractivity contribution in [2.24, 2.45) is 0 Å². The molecule has 0 bridgehead atoms. The summed E-state index contributed by atoms with van der Waals surface area (Å²) in [4.78, 5) is 26.6. The lowest BCUT2D eigenvalue weighted by atomic mass is 10.1. The molecule has 148 valence electrons. The van der Waals surface area contributed by atoms with E-state index in [9.17, 15) is 9.59 Å². The largest absolute Gasteiger partial charge is 0.377 e. The lowest BCUT2D eigenvalue weighted by Crippen LogP contribution is -2.33. The van der Waals surface area contributed by atoms with Crippen LogP contribution in [0.5, 0.6) is 0 Å². The molecule has 1 aliphatic rings. The summed E-state index contributed by atoms with van der Waals surface area (Å²) in [5, 5.41) is 5.96. The van der Waals surface area contributed by atoms with Gasteiger partial charge in [0.1, 0.15) is 0 Å². The molecule has 2 amide bonds. The molecule has 1 saturated heterocycles. The Labute approximate surface area is 165 Å². The summed E-state index contributed by atoms with van der Waals surface area (Å²) in [6, 6.07) is 16.6. The number of carbonyl (C=O) groups excluding carboxylic acids is 2. The summed E-state index contributed by atoms with van der Waals surface area (Å²) in [5.74, 6) is -0.179. The number of rotatable bonds is 8. The number of anilines is 2. The fourth-order valence-corrected chi connectivity index (χ4v) is 3.26. The van der Waals surface area contributed by atoms with Crippen LogP contribution < -0.4 is 15.5 Å². The van der Waals surface area contributed by atoms with E-state index in [1.54, 1.807) is 29.2 Å². The number of nitrogens with zero attached hydrogens (tertiary/aromatic N) is 1. The number of ether oxygens (including phenoxy) is 1. The maximum atomic E-state index is 12.8. The SMILES string of the molecule is CCN(C(=O)c1ccc(NC(=O)CNCC2CCCO2)cc1)c1ccccc1. The second-order valence-electron chi connectivity index (χ2n) is 6.78. The standard InChI is InChI=1S/C22H27N3O3/c1-2-25(19-7-4-3-5-8-19)22(27)17-10-12-18(13-11-17)24-21(26)16-23-15-20-9-6-14-28-20/h3-5,7-8,10-13,20,23H,2,6,9,14-16H2,1H3,(H,24,26). The van der Waals surface area contributed by atoms with Gasteiger partial charge in [0.15, 0.2) is 0 Å². The zero-order valence-electron chi connectivity index (χ0n) is 16.2. The van der Waals surface area contributed by atoms with E-state index in [0.717, 1.165) is 25.1 Å². The second-order valence-corrected chi connectivity index (χ2v) is 6.78. The molecule has 6 nitrogen and oxygen atoms in total. The highest BCUT2D eigenvalue weighted by Gasteiger charge is 2.17. The van der Waals surface area contributed by atoms with Crippen molar-refractivity contribution in [1.29, 1.82) is 0 Å². The van der Waals surface area contributed by atoms with Crippen molar-refractivity contribution >= 4 is 23.2 Å². The van der Waals surface area contributed by atoms with Gasteiger partial charge in [-0.3, -0.25) is 9.59 Å². The van der Waals surface area contributed by atoms with E-state index in [4.69, 9.17) is 4.74 Å². The van der Waals surface area contributed by atoms with Crippen LogP contribution in [0.15, 0.2) is 54.6 Å². The highest BCUT2D eigenvalue weighted by Crippen LogP contribution is 2.18. The summed E-state index contributed by atoms with van der Waals surface area (Å²) in [6.07, 6.45) is 2.34. The summed E-state index contributed by atoms with van der Waals surface area (Å²) in [6.45, 7) is 4.26. The zero-order chi connectivity index (χ0) is 19.8. The summed E-state index contributed by atoms with van der Waals surface area (Å²) in [7, 11) is 0. The Hall–Kier alpha value is -2.70. The Kier molecular flexibility index (Phi) is 7.17. The second kappa shape index (κ2) is 10.0. The quantitative estimate of drug-likeness (QED) is 0.737. The maximum absolute atomic E-state index is 12.8. The molecule has 1 unspecified atom stereocenters. The highest BCUT2D eigenvalue weighted by atomic mass is 16.5. The van der Waals surface area contributed by atoms with E-state index in [0.29, 0.717) is 24.3 Å². The van der Waals surface area contributed by atoms with Gasteiger partial charge < -0.3 is 20.3 Å². The van der Waals surface area contributed by atoms with Gasteiger partial charge in [-0.1, -0.05) is 18.2 Å². The van der Waals surface area contributed by atoms with Gasteiger partial charge in [0.2, 0.25) is 5.91 Å². The molecule has 0 radical (unpaired) electrons. The lowest BCUT2D eigenvalue weighted by Gasteiger charge is -2.21. The minimum Gasteiger partial charge on any atom is -0.377 e. The van der Waals surface area contributed by atoms with Crippen molar-refractivity contribution < 1.29 is 14.3 Å². The first-order chi connectivity index (χ1) is 13.7. The number of carbonyl (C=O) groups is 2. The van der Waals surface area contributed by atoms with Crippen molar-refractivity contribution in [2.75, 3.05) is 36.5 Å². The van der Waals surface area contributed by atoms with Crippen LogP contribution in [0.4, 0.5) is 11.4 Å². The summed E-state index contributed by atoms with van der Waals surface area (Å²) < 4.78 is 5.52. The molecule has 0 aliphatic carbocycles. The van der Waals surface area contributed by atoms with E-state index in [1.807, 2.05) is 37.3 Å². The van der Waals surface area contributed by atoms with Gasteiger partial charge in [-0.05, 0) is 56.2 Å². The van der Waals surface area contributed by atoms with E-state index < -0.39 is 0 Å². The molecule has 2 N–H and O–H groups in total. The maximum Gasteiger partial charge on any atom is 0.258 e. The first kappa shape index (κ1) is 20.0. The van der Waals surface area contributed by atoms with Crippen LogP contribution in [0, 0.1) is 0 Å². The van der Waals surface area contributed by atoms with Crippen LogP contribution in [-0.4, -0.2) is 44.2 Å². The first-order valence-corrected chi connectivity index (χ1v) is 9.76. The Morgan fingerprint density at radius 1 is 1.11 bits per heavy atom. The molecule has 0 aromatic heterocycles. The number of benzene rings is 2. The fraction of sp³-hybridized carbons (Fsp3) is 0.364. The Morgan fingerprint density at radius 2 is 1.86 bits per heavy atom. The molecule has 1 fully saturated rings. The highest BCUT2D eigenvalue weighted by molar-refractivity contribution is 6.06. The summed E-state index contributed by atoms with van der Waals surface area (Å²) in [5.41, 5.74) is 2.12. The fourth-order valence-electron chi connectivity index (χ4n) is 3.26. The van der Waals surface area contributed by atoms with E-state index in [2.05, 4.69) is 10.6 Å². The van der Waals surface area contributed by atoms with Crippen LogP contribution >= 0.6 is 0 Å².